The number of carbonyl (C=O) groups is 1. The first-order chi connectivity index (χ1) is 9.92. The maximum atomic E-state index is 11.8. The van der Waals surface area contributed by atoms with Crippen LogP contribution in [0.1, 0.15) is 38.2 Å². The molecule has 1 aromatic rings. The van der Waals surface area contributed by atoms with Crippen LogP contribution in [-0.2, 0) is 19.1 Å². The minimum absolute atomic E-state index is 0.136. The Balaban J connectivity index is 2.35. The molecule has 0 amide bonds. The molecule has 0 heterocycles. The van der Waals surface area contributed by atoms with E-state index in [0.717, 1.165) is 18.4 Å². The van der Waals surface area contributed by atoms with Crippen molar-refractivity contribution < 1.29 is 17.4 Å². The van der Waals surface area contributed by atoms with Gasteiger partial charge in [0.1, 0.15) is 12.4 Å². The third-order valence-corrected chi connectivity index (χ3v) is 4.08. The van der Waals surface area contributed by atoms with Gasteiger partial charge in [0.2, 0.25) is 0 Å². The number of hydrogen-bond donors (Lipinski definition) is 0. The Morgan fingerprint density at radius 1 is 1.14 bits per heavy atom. The highest BCUT2D eigenvalue weighted by Crippen LogP contribution is 2.12. The van der Waals surface area contributed by atoms with Gasteiger partial charge < -0.3 is 4.79 Å². The lowest BCUT2D eigenvalue weighted by atomic mass is 10.1. The third-order valence-electron chi connectivity index (χ3n) is 2.80. The highest BCUT2D eigenvalue weighted by molar-refractivity contribution is 7.86. The molecule has 0 atom stereocenters. The predicted octanol–water partition coefficient (Wildman–Crippen LogP) is 2.85. The van der Waals surface area contributed by atoms with Gasteiger partial charge in [0.15, 0.2) is 0 Å². The molecule has 0 aliphatic heterocycles. The quantitative estimate of drug-likeness (QED) is 0.441. The number of rotatable bonds is 7. The highest BCUT2D eigenvalue weighted by Gasteiger charge is 2.13. The second-order valence-corrected chi connectivity index (χ2v) is 6.41. The summed E-state index contributed by atoms with van der Waals surface area (Å²) in [6.07, 6.45) is 2.85. The van der Waals surface area contributed by atoms with Crippen LogP contribution >= 0.6 is 0 Å². The van der Waals surface area contributed by atoms with Gasteiger partial charge in [-0.2, -0.15) is 8.42 Å². The van der Waals surface area contributed by atoms with Gasteiger partial charge in [0.05, 0.1) is 4.90 Å². The van der Waals surface area contributed by atoms with E-state index < -0.39 is 10.1 Å². The van der Waals surface area contributed by atoms with Crippen LogP contribution in [-0.4, -0.2) is 20.8 Å². The first-order valence-electron chi connectivity index (χ1n) is 6.83. The maximum Gasteiger partial charge on any atom is 0.297 e. The van der Waals surface area contributed by atoms with Gasteiger partial charge in [0.25, 0.3) is 10.1 Å². The Bertz CT molecular complexity index is 618. The van der Waals surface area contributed by atoms with Crippen LogP contribution in [0.5, 0.6) is 0 Å². The third kappa shape index (κ3) is 7.07. The monoisotopic (exact) mass is 308 g/mol. The minimum atomic E-state index is -3.73. The molecule has 0 bridgehead atoms. The largest absolute Gasteiger partial charge is 0.300 e. The van der Waals surface area contributed by atoms with Crippen molar-refractivity contribution in [1.82, 2.24) is 0 Å². The van der Waals surface area contributed by atoms with E-state index in [2.05, 4.69) is 11.8 Å². The fourth-order valence-corrected chi connectivity index (χ4v) is 2.43. The number of carbonyl (C=O) groups excluding carboxylic acids is 1. The van der Waals surface area contributed by atoms with E-state index in [1.54, 1.807) is 19.1 Å². The molecule has 4 nitrogen and oxygen atoms in total. The molecule has 21 heavy (non-hydrogen) atoms. The van der Waals surface area contributed by atoms with Crippen LogP contribution in [0.4, 0.5) is 0 Å². The molecule has 1 rings (SSSR count). The van der Waals surface area contributed by atoms with Crippen LogP contribution in [0.3, 0.4) is 0 Å². The Labute approximate surface area is 126 Å². The molecular weight excluding hydrogens is 288 g/mol. The van der Waals surface area contributed by atoms with Crippen molar-refractivity contribution in [1.29, 1.82) is 0 Å². The molecule has 114 valence electrons. The lowest BCUT2D eigenvalue weighted by Crippen LogP contribution is -2.06. The zero-order valence-corrected chi connectivity index (χ0v) is 13.2. The Morgan fingerprint density at radius 3 is 2.43 bits per heavy atom. The van der Waals surface area contributed by atoms with E-state index in [4.69, 9.17) is 4.18 Å². The van der Waals surface area contributed by atoms with E-state index in [-0.39, 0.29) is 17.3 Å². The van der Waals surface area contributed by atoms with Crippen LogP contribution in [0.25, 0.3) is 0 Å². The Morgan fingerprint density at radius 2 is 1.81 bits per heavy atom. The Kier molecular flexibility index (Phi) is 7.13. The number of aryl methyl sites for hydroxylation is 1. The second-order valence-electron chi connectivity index (χ2n) is 4.79. The van der Waals surface area contributed by atoms with E-state index in [0.29, 0.717) is 12.8 Å². The number of Topliss-reactive ketones (excluding diaryl/α,β-unsaturated/α-hetero) is 1. The number of benzene rings is 1. The minimum Gasteiger partial charge on any atom is -0.300 e. The van der Waals surface area contributed by atoms with Gasteiger partial charge in [-0.3, -0.25) is 4.18 Å². The zero-order valence-electron chi connectivity index (χ0n) is 12.4. The van der Waals surface area contributed by atoms with Crippen molar-refractivity contribution in [2.75, 3.05) is 6.61 Å². The first kappa shape index (κ1) is 17.4. The van der Waals surface area contributed by atoms with Gasteiger partial charge in [-0.1, -0.05) is 23.6 Å². The van der Waals surface area contributed by atoms with Gasteiger partial charge in [-0.15, -0.1) is 5.92 Å². The van der Waals surface area contributed by atoms with Crippen molar-refractivity contribution in [2.45, 2.75) is 44.4 Å². The van der Waals surface area contributed by atoms with Crippen LogP contribution in [0, 0.1) is 18.8 Å². The van der Waals surface area contributed by atoms with Crippen LogP contribution < -0.4 is 0 Å². The molecule has 5 heteroatoms. The molecule has 1 aromatic carbocycles. The lowest BCUT2D eigenvalue weighted by molar-refractivity contribution is -0.117. The van der Waals surface area contributed by atoms with Crippen molar-refractivity contribution in [2.24, 2.45) is 0 Å². The van der Waals surface area contributed by atoms with E-state index in [1.807, 2.05) is 6.92 Å². The van der Waals surface area contributed by atoms with E-state index in [9.17, 15) is 13.2 Å². The van der Waals surface area contributed by atoms with E-state index in [1.165, 1.54) is 12.1 Å². The fraction of sp³-hybridized carbons (Fsp3) is 0.438. The van der Waals surface area contributed by atoms with Crippen molar-refractivity contribution >= 4 is 15.9 Å². The SMILES string of the molecule is CC(=O)CCCCC#CCOS(=O)(=O)c1ccc(C)cc1. The second kappa shape index (κ2) is 8.60. The molecule has 0 aromatic heterocycles. The molecule has 0 N–H and O–H groups in total. The van der Waals surface area contributed by atoms with Gasteiger partial charge in [-0.05, 0) is 38.8 Å². The lowest BCUT2D eigenvalue weighted by Gasteiger charge is -2.02. The number of hydrogen-bond acceptors (Lipinski definition) is 4. The van der Waals surface area contributed by atoms with Crippen molar-refractivity contribution in [3.05, 3.63) is 29.8 Å². The average Bonchev–Trinajstić information content (AvgIpc) is 2.42. The highest BCUT2D eigenvalue weighted by atomic mass is 32.2. The molecular formula is C16H20O4S. The van der Waals surface area contributed by atoms with Gasteiger partial charge in [0, 0.05) is 12.8 Å². The summed E-state index contributed by atoms with van der Waals surface area (Å²) in [5.74, 6) is 5.69. The number of ketones is 1. The maximum absolute atomic E-state index is 11.8. The standard InChI is InChI=1S/C16H20O4S/c1-14-9-11-16(12-10-14)21(18,19)20-13-7-5-3-4-6-8-15(2)17/h9-12H,3-4,6,8,13H2,1-2H3. The molecule has 0 unspecified atom stereocenters. The zero-order chi connectivity index (χ0) is 15.7. The number of unbranched alkanes of at least 4 members (excludes halogenated alkanes) is 2. The summed E-state index contributed by atoms with van der Waals surface area (Å²) in [5, 5.41) is 0. The summed E-state index contributed by atoms with van der Waals surface area (Å²) >= 11 is 0. The van der Waals surface area contributed by atoms with Crippen LogP contribution in [0.15, 0.2) is 29.2 Å². The molecule has 0 saturated carbocycles. The molecule has 0 spiro atoms. The summed E-state index contributed by atoms with van der Waals surface area (Å²) in [6, 6.07) is 6.47. The Hall–Kier alpha value is -1.64. The van der Waals surface area contributed by atoms with Gasteiger partial charge >= 0.3 is 0 Å². The molecule has 0 fully saturated rings. The van der Waals surface area contributed by atoms with Crippen LogP contribution in [0.2, 0.25) is 0 Å². The average molecular weight is 308 g/mol. The fourth-order valence-electron chi connectivity index (χ4n) is 1.61. The topological polar surface area (TPSA) is 60.4 Å². The van der Waals surface area contributed by atoms with Gasteiger partial charge in [-0.25, -0.2) is 0 Å². The van der Waals surface area contributed by atoms with Crippen molar-refractivity contribution in [3.8, 4) is 11.8 Å². The first-order valence-corrected chi connectivity index (χ1v) is 8.24. The molecule has 0 radical (unpaired) electrons. The summed E-state index contributed by atoms with van der Waals surface area (Å²) in [5.41, 5.74) is 0.985. The summed E-state index contributed by atoms with van der Waals surface area (Å²) in [4.78, 5) is 10.9. The normalized spacial score (nSPS) is 10.8. The van der Waals surface area contributed by atoms with Crippen molar-refractivity contribution in [3.63, 3.8) is 0 Å². The predicted molar refractivity (Wildman–Crippen MR) is 81.2 cm³/mol. The summed E-state index contributed by atoms with van der Waals surface area (Å²) in [7, 11) is -3.73. The summed E-state index contributed by atoms with van der Waals surface area (Å²) < 4.78 is 28.5. The molecule has 0 aliphatic carbocycles. The smallest absolute Gasteiger partial charge is 0.297 e. The molecule has 0 aliphatic rings. The van der Waals surface area contributed by atoms with E-state index >= 15 is 0 Å². The molecule has 0 saturated heterocycles. The summed E-state index contributed by atoms with van der Waals surface area (Å²) in [6.45, 7) is 3.30.